The number of azide groups is 2. The number of pyridine rings is 1. The summed E-state index contributed by atoms with van der Waals surface area (Å²) in [7, 11) is 0. The number of benzene rings is 2. The first-order valence-corrected chi connectivity index (χ1v) is 20.8. The van der Waals surface area contributed by atoms with Gasteiger partial charge in [-0.05, 0) is 80.1 Å². The van der Waals surface area contributed by atoms with Gasteiger partial charge < -0.3 is 30.1 Å². The maximum Gasteiger partial charge on any atom is 0.237 e. The van der Waals surface area contributed by atoms with Crippen LogP contribution in [0.4, 0.5) is 5.69 Å². The van der Waals surface area contributed by atoms with Gasteiger partial charge in [0.1, 0.15) is 12.3 Å². The van der Waals surface area contributed by atoms with Gasteiger partial charge in [-0.1, -0.05) is 46.6 Å². The number of rotatable bonds is 24. The number of carbonyl (C=O) groups excluding carboxylic acids is 4. The molecule has 2 aromatic carbocycles. The number of aliphatic hydroxyl groups excluding tert-OH is 1. The molecule has 2 atom stereocenters. The summed E-state index contributed by atoms with van der Waals surface area (Å²) < 4.78 is 13.1. The Balaban J connectivity index is 1.28. The van der Waals surface area contributed by atoms with Crippen molar-refractivity contribution < 1.29 is 38.3 Å². The highest BCUT2D eigenvalue weighted by Gasteiger charge is 2.37. The number of amides is 2. The molecule has 0 fully saturated rings. The molecule has 0 spiro atoms. The van der Waals surface area contributed by atoms with Crippen LogP contribution < -0.4 is 20.1 Å². The average Bonchev–Trinajstić information content (AvgIpc) is 3.46. The van der Waals surface area contributed by atoms with Gasteiger partial charge in [0, 0.05) is 103 Å². The molecule has 1 aromatic heterocycles. The van der Waals surface area contributed by atoms with Crippen molar-refractivity contribution >= 4 is 52.1 Å². The zero-order valence-electron chi connectivity index (χ0n) is 35.1. The molecule has 17 heteroatoms. The number of aromatic nitrogens is 1. The lowest BCUT2D eigenvalue weighted by Gasteiger charge is -2.30. The summed E-state index contributed by atoms with van der Waals surface area (Å²) in [5, 5.41) is 25.3. The maximum atomic E-state index is 13.6. The fraction of sp³-hybridized carbons (Fsp3) is 0.400. The third-order valence-corrected chi connectivity index (χ3v) is 10.3. The van der Waals surface area contributed by atoms with Crippen LogP contribution in [0.25, 0.3) is 43.9 Å². The van der Waals surface area contributed by atoms with Crippen LogP contribution in [0.5, 0.6) is 0 Å². The van der Waals surface area contributed by atoms with Crippen LogP contribution in [0.15, 0.2) is 106 Å². The molecule has 324 valence electrons. The Kier molecular flexibility index (Phi) is 17.8. The molecule has 0 bridgehead atoms. The first-order chi connectivity index (χ1) is 30.1. The van der Waals surface area contributed by atoms with E-state index in [0.717, 1.165) is 22.2 Å². The zero-order chi connectivity index (χ0) is 44.3. The lowest BCUT2D eigenvalue weighted by Crippen LogP contribution is -2.39. The number of hydrogen-bond acceptors (Lipinski definition) is 10. The van der Waals surface area contributed by atoms with Crippen molar-refractivity contribution in [2.75, 3.05) is 50.9 Å². The van der Waals surface area contributed by atoms with Crippen molar-refractivity contribution in [1.82, 2.24) is 10.6 Å². The predicted octanol–water partition coefficient (Wildman–Crippen LogP) is 6.90. The Morgan fingerprint density at radius 3 is 2.45 bits per heavy atom. The summed E-state index contributed by atoms with van der Waals surface area (Å²) in [6, 6.07) is 19.0. The standard InChI is InChI=1S/C45H52N10O7/c1-31(20-26-62-32(2)19-21-49-52-46)51-42(57)14-8-25-55-36(18-16-34-10-4-6-12-40(34)55)30-38-43(58)37(44(59)45(38)60)29-35-17-15-33-9-3-5-11-39(33)54(35)24-7-13-41(56)48-22-27-61-28-23-50-53-47/h3-6,9-12,15-18,29-32H,7-8,13-14,19-28H2,1-2H3,(H2-,48,51,56,57,58,59,60)/p+1. The van der Waals surface area contributed by atoms with E-state index in [-0.39, 0.29) is 67.7 Å². The Morgan fingerprint density at radius 2 is 1.63 bits per heavy atom. The summed E-state index contributed by atoms with van der Waals surface area (Å²) in [6.45, 7) is 6.56. The van der Waals surface area contributed by atoms with Crippen molar-refractivity contribution in [3.8, 4) is 0 Å². The number of anilines is 1. The lowest BCUT2D eigenvalue weighted by molar-refractivity contribution is -0.673. The van der Waals surface area contributed by atoms with Crippen molar-refractivity contribution in [2.45, 2.75) is 71.1 Å². The predicted molar refractivity (Wildman–Crippen MR) is 235 cm³/mol. The Labute approximate surface area is 360 Å². The molecular formula is C45H53N10O7+. The van der Waals surface area contributed by atoms with Crippen LogP contribution in [-0.2, 0) is 35.2 Å². The van der Waals surface area contributed by atoms with E-state index in [0.29, 0.717) is 69.9 Å². The number of ether oxygens (including phenoxy) is 2. The number of hydrogen-bond donors (Lipinski definition) is 3. The number of para-hydroxylation sites is 2. The van der Waals surface area contributed by atoms with Crippen LogP contribution in [0.2, 0.25) is 0 Å². The fourth-order valence-electron chi connectivity index (χ4n) is 7.11. The van der Waals surface area contributed by atoms with Crippen molar-refractivity contribution in [1.29, 1.82) is 0 Å². The molecule has 1 aliphatic heterocycles. The van der Waals surface area contributed by atoms with E-state index < -0.39 is 17.3 Å². The smallest absolute Gasteiger partial charge is 0.237 e. The molecule has 0 saturated carbocycles. The maximum absolute atomic E-state index is 13.6. The molecule has 62 heavy (non-hydrogen) atoms. The van der Waals surface area contributed by atoms with Gasteiger partial charge in [0.05, 0.1) is 30.5 Å². The molecule has 0 saturated heterocycles. The molecule has 3 aromatic rings. The van der Waals surface area contributed by atoms with Gasteiger partial charge in [0.2, 0.25) is 34.6 Å². The van der Waals surface area contributed by atoms with Crippen molar-refractivity contribution in [2.24, 2.45) is 10.2 Å². The highest BCUT2D eigenvalue weighted by Crippen LogP contribution is 2.34. The highest BCUT2D eigenvalue weighted by molar-refractivity contribution is 6.54. The number of Topliss-reactive ketones (excluding diaryl/α,β-unsaturated/α-hetero) is 2. The van der Waals surface area contributed by atoms with Gasteiger partial charge in [-0.15, -0.1) is 0 Å². The number of ketones is 2. The number of aryl methyl sites for hydroxylation is 1. The minimum Gasteiger partial charge on any atom is -0.506 e. The molecular weight excluding hydrogens is 793 g/mol. The van der Waals surface area contributed by atoms with Crippen LogP contribution in [0.3, 0.4) is 0 Å². The third-order valence-electron chi connectivity index (χ3n) is 10.3. The van der Waals surface area contributed by atoms with Crippen LogP contribution >= 0.6 is 0 Å². The molecule has 3 N–H and O–H groups in total. The molecule has 2 amide bonds. The van der Waals surface area contributed by atoms with Gasteiger partial charge in [-0.3, -0.25) is 19.2 Å². The van der Waals surface area contributed by atoms with Gasteiger partial charge in [-0.2, -0.15) is 4.57 Å². The van der Waals surface area contributed by atoms with E-state index in [4.69, 9.17) is 20.5 Å². The van der Waals surface area contributed by atoms with Gasteiger partial charge in [0.15, 0.2) is 0 Å². The van der Waals surface area contributed by atoms with Gasteiger partial charge in [0.25, 0.3) is 0 Å². The van der Waals surface area contributed by atoms with Crippen LogP contribution in [0.1, 0.15) is 63.6 Å². The SMILES string of the molecule is CC(CCOC(C)CCN=[N+]=[N-])NC(=O)CCCN1/C(=C/C2=C(O)C(=C/c3ccc4ccccc4[n+]3CCCC(=O)NCCOCCN=[N+]=[N-])/C(=O)C2=O)C=Cc2ccccc21. The van der Waals surface area contributed by atoms with E-state index in [1.165, 1.54) is 12.2 Å². The van der Waals surface area contributed by atoms with E-state index in [1.807, 2.05) is 96.1 Å². The molecule has 2 aliphatic rings. The van der Waals surface area contributed by atoms with Crippen molar-refractivity contribution in [3.63, 3.8) is 0 Å². The summed E-state index contributed by atoms with van der Waals surface area (Å²) in [5.74, 6) is -2.36. The number of nitrogens with one attached hydrogen (secondary N) is 2. The van der Waals surface area contributed by atoms with E-state index in [2.05, 4.69) is 30.7 Å². The summed E-state index contributed by atoms with van der Waals surface area (Å²) >= 11 is 0. The zero-order valence-corrected chi connectivity index (χ0v) is 35.1. The molecule has 5 rings (SSSR count). The number of fused-ring (bicyclic) bond motifs is 2. The number of nitrogens with zero attached hydrogens (tertiary/aromatic N) is 8. The van der Waals surface area contributed by atoms with Crippen LogP contribution in [-0.4, -0.2) is 86.6 Å². The second kappa shape index (κ2) is 23.9. The molecule has 0 radical (unpaired) electrons. The topological polar surface area (TPSA) is 236 Å². The first kappa shape index (κ1) is 46.3. The second-order valence-corrected chi connectivity index (χ2v) is 14.9. The summed E-state index contributed by atoms with van der Waals surface area (Å²) in [6.07, 6.45) is 9.36. The first-order valence-electron chi connectivity index (χ1n) is 20.8. The Bertz CT molecular complexity index is 2340. The van der Waals surface area contributed by atoms with Gasteiger partial charge in [-0.25, -0.2) is 0 Å². The molecule has 17 nitrogen and oxygen atoms in total. The van der Waals surface area contributed by atoms with E-state index in [9.17, 15) is 24.3 Å². The quantitative estimate of drug-likeness (QED) is 0.0163. The normalized spacial score (nSPS) is 15.7. The number of allylic oxidation sites excluding steroid dienone is 4. The Hall–Kier alpha value is -6.77. The largest absolute Gasteiger partial charge is 0.506 e. The minimum atomic E-state index is -0.833. The molecule has 2 unspecified atom stereocenters. The molecule has 2 heterocycles. The second-order valence-electron chi connectivity index (χ2n) is 14.9. The fourth-order valence-corrected chi connectivity index (χ4v) is 7.11. The lowest BCUT2D eigenvalue weighted by atomic mass is 10.0. The van der Waals surface area contributed by atoms with Crippen molar-refractivity contribution in [3.05, 3.63) is 128 Å². The summed E-state index contributed by atoms with van der Waals surface area (Å²) in [5.41, 5.74) is 20.3. The average molecular weight is 846 g/mol. The Morgan fingerprint density at radius 1 is 0.871 bits per heavy atom. The monoisotopic (exact) mass is 845 g/mol. The van der Waals surface area contributed by atoms with Crippen LogP contribution in [0, 0.1) is 0 Å². The van der Waals surface area contributed by atoms with Gasteiger partial charge >= 0.3 is 0 Å². The third kappa shape index (κ3) is 13.1. The summed E-state index contributed by atoms with van der Waals surface area (Å²) in [4.78, 5) is 60.1. The number of carbonyl (C=O) groups is 4. The highest BCUT2D eigenvalue weighted by atomic mass is 16.5. The number of aliphatic hydroxyl groups is 1. The molecule has 1 aliphatic carbocycles. The van der Waals surface area contributed by atoms with E-state index in [1.54, 1.807) is 0 Å². The minimum absolute atomic E-state index is 0.0630. The van der Waals surface area contributed by atoms with E-state index >= 15 is 0 Å².